The lowest BCUT2D eigenvalue weighted by Gasteiger charge is -2.37. The van der Waals surface area contributed by atoms with Crippen LogP contribution in [0.1, 0.15) is 51.5 Å². The first-order valence-electron chi connectivity index (χ1n) is 11.4. The third-order valence-corrected chi connectivity index (χ3v) is 7.81. The molecule has 7 heteroatoms. The summed E-state index contributed by atoms with van der Waals surface area (Å²) in [4.78, 5) is 36.2. The summed E-state index contributed by atoms with van der Waals surface area (Å²) >= 11 is 1.80. The van der Waals surface area contributed by atoms with Gasteiger partial charge < -0.3 is 4.90 Å². The van der Waals surface area contributed by atoms with E-state index in [0.29, 0.717) is 23.7 Å². The van der Waals surface area contributed by atoms with Crippen molar-refractivity contribution in [3.05, 3.63) is 64.7 Å². The van der Waals surface area contributed by atoms with E-state index in [2.05, 4.69) is 34.9 Å². The Labute approximate surface area is 192 Å². The molecule has 1 aromatic heterocycles. The quantitative estimate of drug-likeness (QED) is 0.403. The summed E-state index contributed by atoms with van der Waals surface area (Å²) in [7, 11) is 0. The van der Waals surface area contributed by atoms with Crippen LogP contribution < -0.4 is 0 Å². The number of amides is 2. The second kappa shape index (κ2) is 9.10. The number of carbonyl (C=O) groups is 2. The molecule has 2 aliphatic heterocycles. The summed E-state index contributed by atoms with van der Waals surface area (Å²) < 4.78 is 1.26. The van der Waals surface area contributed by atoms with E-state index in [-0.39, 0.29) is 11.8 Å². The molecule has 166 valence electrons. The SMILES string of the molecule is CC(c1nc2ccccc2s1)N1CCN(CCCCN2C(=O)c3ccccc3C2=O)CC1. The van der Waals surface area contributed by atoms with Gasteiger partial charge in [-0.2, -0.15) is 0 Å². The molecular formula is C25H28N4O2S. The van der Waals surface area contributed by atoms with E-state index in [9.17, 15) is 9.59 Å². The van der Waals surface area contributed by atoms with Crippen LogP contribution in [0.25, 0.3) is 10.2 Å². The average molecular weight is 449 g/mol. The molecule has 2 amide bonds. The Morgan fingerprint density at radius 2 is 1.50 bits per heavy atom. The van der Waals surface area contributed by atoms with Gasteiger partial charge in [0.15, 0.2) is 0 Å². The normalized spacial score (nSPS) is 18.5. The van der Waals surface area contributed by atoms with Crippen molar-refractivity contribution in [3.63, 3.8) is 0 Å². The highest BCUT2D eigenvalue weighted by molar-refractivity contribution is 7.18. The van der Waals surface area contributed by atoms with Gasteiger partial charge in [-0.05, 0) is 50.6 Å². The topological polar surface area (TPSA) is 56.8 Å². The lowest BCUT2D eigenvalue weighted by atomic mass is 10.1. The van der Waals surface area contributed by atoms with Crippen LogP contribution in [0.3, 0.4) is 0 Å². The largest absolute Gasteiger partial charge is 0.301 e. The lowest BCUT2D eigenvalue weighted by Crippen LogP contribution is -2.47. The maximum absolute atomic E-state index is 12.5. The van der Waals surface area contributed by atoms with Gasteiger partial charge in [-0.15, -0.1) is 11.3 Å². The van der Waals surface area contributed by atoms with Gasteiger partial charge >= 0.3 is 0 Å². The van der Waals surface area contributed by atoms with Crippen LogP contribution >= 0.6 is 11.3 Å². The van der Waals surface area contributed by atoms with Crippen molar-refractivity contribution in [3.8, 4) is 0 Å². The Balaban J connectivity index is 1.06. The van der Waals surface area contributed by atoms with Gasteiger partial charge in [0, 0.05) is 32.7 Å². The molecule has 1 fully saturated rings. The second-order valence-corrected chi connectivity index (χ2v) is 9.65. The van der Waals surface area contributed by atoms with Crippen LogP contribution in [0, 0.1) is 0 Å². The molecule has 32 heavy (non-hydrogen) atoms. The molecule has 6 nitrogen and oxygen atoms in total. The zero-order valence-corrected chi connectivity index (χ0v) is 19.2. The number of carbonyl (C=O) groups excluding carboxylic acids is 2. The van der Waals surface area contributed by atoms with Crippen LogP contribution in [-0.4, -0.2) is 70.8 Å². The Bertz CT molecular complexity index is 1070. The molecule has 0 N–H and O–H groups in total. The first-order chi connectivity index (χ1) is 15.6. The number of benzene rings is 2. The minimum atomic E-state index is -0.150. The molecule has 2 aromatic carbocycles. The van der Waals surface area contributed by atoms with E-state index in [1.807, 2.05) is 18.2 Å². The van der Waals surface area contributed by atoms with Crippen molar-refractivity contribution in [2.75, 3.05) is 39.3 Å². The molecule has 0 aliphatic carbocycles. The minimum Gasteiger partial charge on any atom is -0.301 e. The lowest BCUT2D eigenvalue weighted by molar-refractivity contribution is 0.0647. The fourth-order valence-corrected chi connectivity index (χ4v) is 5.70. The fourth-order valence-electron chi connectivity index (χ4n) is 4.65. The van der Waals surface area contributed by atoms with Crippen LogP contribution in [0.5, 0.6) is 0 Å². The Morgan fingerprint density at radius 1 is 0.875 bits per heavy atom. The Kier molecular flexibility index (Phi) is 6.04. The highest BCUT2D eigenvalue weighted by Crippen LogP contribution is 2.30. The van der Waals surface area contributed by atoms with Crippen molar-refractivity contribution in [2.45, 2.75) is 25.8 Å². The third-order valence-electron chi connectivity index (χ3n) is 6.61. The average Bonchev–Trinajstić information content (AvgIpc) is 3.37. The molecule has 0 saturated carbocycles. The van der Waals surface area contributed by atoms with Gasteiger partial charge in [0.1, 0.15) is 5.01 Å². The molecule has 0 bridgehead atoms. The summed E-state index contributed by atoms with van der Waals surface area (Å²) in [6, 6.07) is 15.8. The zero-order chi connectivity index (χ0) is 22.1. The fraction of sp³-hybridized carbons (Fsp3) is 0.400. The molecule has 2 aliphatic rings. The van der Waals surface area contributed by atoms with E-state index < -0.39 is 0 Å². The molecule has 0 radical (unpaired) electrons. The highest BCUT2D eigenvalue weighted by Gasteiger charge is 2.34. The van der Waals surface area contributed by atoms with E-state index in [4.69, 9.17) is 4.98 Å². The smallest absolute Gasteiger partial charge is 0.261 e. The first-order valence-corrected chi connectivity index (χ1v) is 12.2. The van der Waals surface area contributed by atoms with Gasteiger partial charge in [0.05, 0.1) is 27.4 Å². The molecule has 5 rings (SSSR count). The highest BCUT2D eigenvalue weighted by atomic mass is 32.1. The number of nitrogens with zero attached hydrogens (tertiary/aromatic N) is 4. The first kappa shape index (κ1) is 21.2. The zero-order valence-electron chi connectivity index (χ0n) is 18.4. The number of aromatic nitrogens is 1. The molecule has 1 unspecified atom stereocenters. The minimum absolute atomic E-state index is 0.150. The van der Waals surface area contributed by atoms with Crippen LogP contribution in [-0.2, 0) is 0 Å². The van der Waals surface area contributed by atoms with Crippen molar-refractivity contribution >= 4 is 33.4 Å². The van der Waals surface area contributed by atoms with Gasteiger partial charge in [-0.3, -0.25) is 19.4 Å². The third kappa shape index (κ3) is 4.08. The predicted molar refractivity (Wildman–Crippen MR) is 127 cm³/mol. The summed E-state index contributed by atoms with van der Waals surface area (Å²) in [5.74, 6) is -0.300. The maximum Gasteiger partial charge on any atom is 0.261 e. The van der Waals surface area contributed by atoms with Crippen molar-refractivity contribution in [2.24, 2.45) is 0 Å². The van der Waals surface area contributed by atoms with Crippen molar-refractivity contribution in [1.82, 2.24) is 19.7 Å². The van der Waals surface area contributed by atoms with Gasteiger partial charge in [-0.25, -0.2) is 4.98 Å². The van der Waals surface area contributed by atoms with Gasteiger partial charge in [0.2, 0.25) is 0 Å². The van der Waals surface area contributed by atoms with Gasteiger partial charge in [-0.1, -0.05) is 24.3 Å². The number of hydrogen-bond donors (Lipinski definition) is 0. The number of imide groups is 1. The predicted octanol–water partition coefficient (Wildman–Crippen LogP) is 4.05. The van der Waals surface area contributed by atoms with Crippen LogP contribution in [0.15, 0.2) is 48.5 Å². The maximum atomic E-state index is 12.5. The Hall–Kier alpha value is -2.61. The summed E-state index contributed by atoms with van der Waals surface area (Å²) in [5.41, 5.74) is 2.17. The van der Waals surface area contributed by atoms with E-state index in [1.54, 1.807) is 23.5 Å². The number of hydrogen-bond acceptors (Lipinski definition) is 6. The second-order valence-electron chi connectivity index (χ2n) is 8.59. The monoisotopic (exact) mass is 448 g/mol. The summed E-state index contributed by atoms with van der Waals surface area (Å²) in [6.45, 7) is 7.93. The van der Waals surface area contributed by atoms with E-state index >= 15 is 0 Å². The van der Waals surface area contributed by atoms with Crippen LogP contribution in [0.4, 0.5) is 0 Å². The van der Waals surface area contributed by atoms with E-state index in [0.717, 1.165) is 51.1 Å². The van der Waals surface area contributed by atoms with E-state index in [1.165, 1.54) is 14.6 Å². The number of piperazine rings is 1. The Morgan fingerprint density at radius 3 is 2.19 bits per heavy atom. The number of rotatable bonds is 7. The molecule has 1 saturated heterocycles. The van der Waals surface area contributed by atoms with Crippen LogP contribution in [0.2, 0.25) is 0 Å². The standard InChI is InChI=1S/C25H28N4O2S/c1-18(23-26-21-10-4-5-11-22(21)32-23)28-16-14-27(15-17-28)12-6-7-13-29-24(30)19-8-2-3-9-20(19)25(29)31/h2-5,8-11,18H,6-7,12-17H2,1H3. The molecular weight excluding hydrogens is 420 g/mol. The van der Waals surface area contributed by atoms with Gasteiger partial charge in [0.25, 0.3) is 11.8 Å². The summed E-state index contributed by atoms with van der Waals surface area (Å²) in [6.07, 6.45) is 1.83. The number of thiazole rings is 1. The summed E-state index contributed by atoms with van der Waals surface area (Å²) in [5, 5.41) is 1.19. The molecule has 1 atom stereocenters. The number of unbranched alkanes of at least 4 members (excludes halogenated alkanes) is 1. The number of fused-ring (bicyclic) bond motifs is 2. The number of para-hydroxylation sites is 1. The van der Waals surface area contributed by atoms with Crippen molar-refractivity contribution in [1.29, 1.82) is 0 Å². The molecule has 3 heterocycles. The molecule has 3 aromatic rings. The van der Waals surface area contributed by atoms with Crippen molar-refractivity contribution < 1.29 is 9.59 Å². The molecule has 0 spiro atoms.